The van der Waals surface area contributed by atoms with E-state index < -0.39 is 0 Å². The van der Waals surface area contributed by atoms with E-state index in [1.54, 1.807) is 11.3 Å². The van der Waals surface area contributed by atoms with Crippen molar-refractivity contribution in [2.75, 3.05) is 44.7 Å². The van der Waals surface area contributed by atoms with Gasteiger partial charge in [-0.25, -0.2) is 9.37 Å². The van der Waals surface area contributed by atoms with Crippen LogP contribution in [0.3, 0.4) is 0 Å². The average Bonchev–Trinajstić information content (AvgIpc) is 3.14. The van der Waals surface area contributed by atoms with Gasteiger partial charge in [0.15, 0.2) is 5.96 Å². The number of hydrogen-bond donors (Lipinski definition) is 1. The maximum Gasteiger partial charge on any atom is 0.193 e. The number of benzene rings is 1. The fourth-order valence-electron chi connectivity index (χ4n) is 3.09. The summed E-state index contributed by atoms with van der Waals surface area (Å²) in [6.07, 6.45) is 1.91. The first-order valence-electron chi connectivity index (χ1n) is 9.09. The molecule has 3 rings (SSSR count). The van der Waals surface area contributed by atoms with E-state index in [1.807, 2.05) is 19.2 Å². The van der Waals surface area contributed by atoms with E-state index >= 15 is 0 Å². The van der Waals surface area contributed by atoms with E-state index in [2.05, 4.69) is 37.4 Å². The van der Waals surface area contributed by atoms with Gasteiger partial charge in [-0.1, -0.05) is 6.92 Å². The Kier molecular flexibility index (Phi) is 6.44. The van der Waals surface area contributed by atoms with Crippen LogP contribution in [0.5, 0.6) is 0 Å². The number of thiazole rings is 1. The Hall–Kier alpha value is -2.15. The Labute approximate surface area is 158 Å². The van der Waals surface area contributed by atoms with Crippen molar-refractivity contribution in [1.82, 2.24) is 15.2 Å². The summed E-state index contributed by atoms with van der Waals surface area (Å²) < 4.78 is 13.1. The summed E-state index contributed by atoms with van der Waals surface area (Å²) in [5.74, 6) is 0.748. The van der Waals surface area contributed by atoms with Crippen molar-refractivity contribution in [3.05, 3.63) is 46.2 Å². The van der Waals surface area contributed by atoms with Gasteiger partial charge in [0, 0.05) is 57.3 Å². The van der Waals surface area contributed by atoms with Crippen LogP contribution >= 0.6 is 11.3 Å². The normalized spacial score (nSPS) is 15.4. The topological polar surface area (TPSA) is 43.8 Å². The summed E-state index contributed by atoms with van der Waals surface area (Å²) in [6, 6.07) is 6.72. The minimum atomic E-state index is -0.192. The monoisotopic (exact) mass is 375 g/mol. The second-order valence-electron chi connectivity index (χ2n) is 6.26. The standard InChI is InChI=1S/C19H26FN5S/c1-3-18-23-16(14-26-18)8-9-22-19(21-2)25-12-10-24(11-13-25)17-6-4-15(20)5-7-17/h4-7,14H,3,8-13H2,1-2H3,(H,21,22). The second kappa shape index (κ2) is 8.98. The highest BCUT2D eigenvalue weighted by Crippen LogP contribution is 2.17. The average molecular weight is 376 g/mol. The Morgan fingerprint density at radius 2 is 1.96 bits per heavy atom. The number of rotatable bonds is 5. The molecular formula is C19H26FN5S. The Morgan fingerprint density at radius 1 is 1.23 bits per heavy atom. The number of piperazine rings is 1. The predicted octanol–water partition coefficient (Wildman–Crippen LogP) is 2.78. The third-order valence-electron chi connectivity index (χ3n) is 4.55. The van der Waals surface area contributed by atoms with Gasteiger partial charge < -0.3 is 15.1 Å². The van der Waals surface area contributed by atoms with Gasteiger partial charge in [0.2, 0.25) is 0 Å². The van der Waals surface area contributed by atoms with E-state index in [-0.39, 0.29) is 5.82 Å². The lowest BCUT2D eigenvalue weighted by Gasteiger charge is -2.37. The molecule has 2 aromatic rings. The summed E-state index contributed by atoms with van der Waals surface area (Å²) in [5, 5.41) is 6.79. The highest BCUT2D eigenvalue weighted by molar-refractivity contribution is 7.09. The van der Waals surface area contributed by atoms with Crippen molar-refractivity contribution in [1.29, 1.82) is 0 Å². The third-order valence-corrected chi connectivity index (χ3v) is 5.59. The summed E-state index contributed by atoms with van der Waals surface area (Å²) in [5.41, 5.74) is 2.22. The van der Waals surface area contributed by atoms with Gasteiger partial charge in [0.25, 0.3) is 0 Å². The molecule has 1 aromatic carbocycles. The van der Waals surface area contributed by atoms with Gasteiger partial charge >= 0.3 is 0 Å². The molecule has 0 radical (unpaired) electrons. The quantitative estimate of drug-likeness (QED) is 0.645. The molecule has 2 heterocycles. The largest absolute Gasteiger partial charge is 0.368 e. The van der Waals surface area contributed by atoms with E-state index in [4.69, 9.17) is 0 Å². The van der Waals surface area contributed by atoms with Gasteiger partial charge in [0.1, 0.15) is 5.82 Å². The lowest BCUT2D eigenvalue weighted by atomic mass is 10.2. The second-order valence-corrected chi connectivity index (χ2v) is 7.20. The zero-order valence-corrected chi connectivity index (χ0v) is 16.2. The molecule has 1 aromatic heterocycles. The van der Waals surface area contributed by atoms with Crippen LogP contribution in [-0.2, 0) is 12.8 Å². The van der Waals surface area contributed by atoms with E-state index in [1.165, 1.54) is 17.1 Å². The van der Waals surface area contributed by atoms with Gasteiger partial charge in [0.05, 0.1) is 10.7 Å². The third kappa shape index (κ3) is 4.72. The smallest absolute Gasteiger partial charge is 0.193 e. The van der Waals surface area contributed by atoms with Gasteiger partial charge in [-0.2, -0.15) is 0 Å². The van der Waals surface area contributed by atoms with Crippen LogP contribution in [0.15, 0.2) is 34.6 Å². The molecule has 26 heavy (non-hydrogen) atoms. The maximum absolute atomic E-state index is 13.1. The van der Waals surface area contributed by atoms with E-state index in [9.17, 15) is 4.39 Å². The maximum atomic E-state index is 13.1. The van der Waals surface area contributed by atoms with Gasteiger partial charge in [-0.15, -0.1) is 11.3 Å². The van der Waals surface area contributed by atoms with Crippen molar-refractivity contribution >= 4 is 23.0 Å². The van der Waals surface area contributed by atoms with Crippen molar-refractivity contribution in [3.63, 3.8) is 0 Å². The molecule has 0 amide bonds. The van der Waals surface area contributed by atoms with Crippen LogP contribution in [0.2, 0.25) is 0 Å². The SMILES string of the molecule is CCc1nc(CCNC(=NC)N2CCN(c3ccc(F)cc3)CC2)cs1. The number of nitrogens with zero attached hydrogens (tertiary/aromatic N) is 4. The molecule has 0 aliphatic carbocycles. The molecular weight excluding hydrogens is 349 g/mol. The first-order chi connectivity index (χ1) is 12.7. The highest BCUT2D eigenvalue weighted by Gasteiger charge is 2.19. The van der Waals surface area contributed by atoms with Gasteiger partial charge in [-0.3, -0.25) is 4.99 Å². The minimum Gasteiger partial charge on any atom is -0.368 e. The number of halogens is 1. The highest BCUT2D eigenvalue weighted by atomic mass is 32.1. The number of hydrogen-bond acceptors (Lipinski definition) is 4. The first kappa shape index (κ1) is 18.6. The van der Waals surface area contributed by atoms with Crippen LogP contribution in [0, 0.1) is 5.82 Å². The fourth-order valence-corrected chi connectivity index (χ4v) is 3.87. The molecule has 5 nitrogen and oxygen atoms in total. The molecule has 1 aliphatic heterocycles. The molecule has 1 saturated heterocycles. The molecule has 0 atom stereocenters. The van der Waals surface area contributed by atoms with Crippen LogP contribution in [0.4, 0.5) is 10.1 Å². The van der Waals surface area contributed by atoms with E-state index in [0.29, 0.717) is 0 Å². The molecule has 140 valence electrons. The van der Waals surface area contributed by atoms with Crippen LogP contribution in [-0.4, -0.2) is 55.6 Å². The van der Waals surface area contributed by atoms with Crippen molar-refractivity contribution in [2.45, 2.75) is 19.8 Å². The number of guanidine groups is 1. The summed E-state index contributed by atoms with van der Waals surface area (Å²) >= 11 is 1.73. The Balaban J connectivity index is 1.46. The van der Waals surface area contributed by atoms with Crippen molar-refractivity contribution < 1.29 is 4.39 Å². The van der Waals surface area contributed by atoms with Crippen molar-refractivity contribution in [2.24, 2.45) is 4.99 Å². The Bertz CT molecular complexity index is 720. The molecule has 0 saturated carbocycles. The van der Waals surface area contributed by atoms with Crippen LogP contribution in [0.25, 0.3) is 0 Å². The lowest BCUT2D eigenvalue weighted by molar-refractivity contribution is 0.373. The summed E-state index contributed by atoms with van der Waals surface area (Å²) in [7, 11) is 1.83. The number of aromatic nitrogens is 1. The number of anilines is 1. The molecule has 7 heteroatoms. The first-order valence-corrected chi connectivity index (χ1v) is 9.97. The van der Waals surface area contributed by atoms with Gasteiger partial charge in [-0.05, 0) is 30.7 Å². The zero-order valence-electron chi connectivity index (χ0n) is 15.4. The zero-order chi connectivity index (χ0) is 18.4. The molecule has 0 spiro atoms. The summed E-state index contributed by atoms with van der Waals surface area (Å²) in [6.45, 7) is 6.56. The number of aliphatic imine (C=N–C) groups is 1. The van der Waals surface area contributed by atoms with Crippen LogP contribution in [0.1, 0.15) is 17.6 Å². The lowest BCUT2D eigenvalue weighted by Crippen LogP contribution is -2.52. The van der Waals surface area contributed by atoms with Crippen molar-refractivity contribution in [3.8, 4) is 0 Å². The Morgan fingerprint density at radius 3 is 2.58 bits per heavy atom. The fraction of sp³-hybridized carbons (Fsp3) is 0.474. The molecule has 1 aliphatic rings. The minimum absolute atomic E-state index is 0.192. The molecule has 0 unspecified atom stereocenters. The van der Waals surface area contributed by atoms with Crippen LogP contribution < -0.4 is 10.2 Å². The molecule has 1 N–H and O–H groups in total. The number of aryl methyl sites for hydroxylation is 1. The number of nitrogens with one attached hydrogen (secondary N) is 1. The van der Waals surface area contributed by atoms with E-state index in [0.717, 1.165) is 62.9 Å². The molecule has 1 fully saturated rings. The summed E-state index contributed by atoms with van der Waals surface area (Å²) in [4.78, 5) is 13.6. The predicted molar refractivity (Wildman–Crippen MR) is 107 cm³/mol. The molecule has 0 bridgehead atoms.